The van der Waals surface area contributed by atoms with Crippen molar-refractivity contribution in [3.8, 4) is 17.0 Å². The summed E-state index contributed by atoms with van der Waals surface area (Å²) >= 11 is 0. The van der Waals surface area contributed by atoms with Crippen LogP contribution in [0.4, 0.5) is 5.82 Å². The van der Waals surface area contributed by atoms with E-state index in [1.807, 2.05) is 38.1 Å². The van der Waals surface area contributed by atoms with E-state index >= 15 is 0 Å². The van der Waals surface area contributed by atoms with Crippen LogP contribution in [0.2, 0.25) is 0 Å². The maximum absolute atomic E-state index is 6.01. The molecule has 5 nitrogen and oxygen atoms in total. The number of methoxy groups -OCH3 is 1. The number of ether oxygens (including phenoxy) is 1. The van der Waals surface area contributed by atoms with Crippen LogP contribution in [-0.2, 0) is 0 Å². The third kappa shape index (κ3) is 2.08. The SMILES string of the molecule is COc1ccc(-c2nnn(C(C)C)c2N)cc1. The van der Waals surface area contributed by atoms with E-state index in [9.17, 15) is 0 Å². The van der Waals surface area contributed by atoms with Crippen molar-refractivity contribution in [2.24, 2.45) is 0 Å². The zero-order chi connectivity index (χ0) is 12.4. The molecular weight excluding hydrogens is 216 g/mol. The molecule has 0 fully saturated rings. The molecule has 0 unspecified atom stereocenters. The van der Waals surface area contributed by atoms with E-state index in [4.69, 9.17) is 10.5 Å². The summed E-state index contributed by atoms with van der Waals surface area (Å²) in [6.45, 7) is 4.03. The van der Waals surface area contributed by atoms with Crippen LogP contribution >= 0.6 is 0 Å². The first-order chi connectivity index (χ1) is 8.13. The molecule has 0 aliphatic carbocycles. The first-order valence-corrected chi connectivity index (χ1v) is 5.48. The van der Waals surface area contributed by atoms with Crippen LogP contribution in [0.25, 0.3) is 11.3 Å². The minimum Gasteiger partial charge on any atom is -0.497 e. The maximum atomic E-state index is 6.01. The van der Waals surface area contributed by atoms with Crippen LogP contribution in [0.1, 0.15) is 19.9 Å². The van der Waals surface area contributed by atoms with E-state index in [0.717, 1.165) is 11.3 Å². The number of nitrogens with zero attached hydrogens (tertiary/aromatic N) is 3. The van der Waals surface area contributed by atoms with Crippen LogP contribution < -0.4 is 10.5 Å². The molecule has 5 heteroatoms. The lowest BCUT2D eigenvalue weighted by molar-refractivity contribution is 0.415. The highest BCUT2D eigenvalue weighted by molar-refractivity contribution is 5.70. The van der Waals surface area contributed by atoms with Crippen molar-refractivity contribution in [3.05, 3.63) is 24.3 Å². The summed E-state index contributed by atoms with van der Waals surface area (Å²) in [5, 5.41) is 8.15. The van der Waals surface area contributed by atoms with Gasteiger partial charge in [-0.15, -0.1) is 5.10 Å². The molecule has 0 saturated carbocycles. The molecule has 0 saturated heterocycles. The summed E-state index contributed by atoms with van der Waals surface area (Å²) in [4.78, 5) is 0. The fourth-order valence-electron chi connectivity index (χ4n) is 1.64. The molecule has 0 spiro atoms. The first kappa shape index (κ1) is 11.4. The van der Waals surface area contributed by atoms with Crippen molar-refractivity contribution >= 4 is 5.82 Å². The van der Waals surface area contributed by atoms with E-state index in [-0.39, 0.29) is 6.04 Å². The lowest BCUT2D eigenvalue weighted by Gasteiger charge is -2.06. The van der Waals surface area contributed by atoms with Crippen molar-refractivity contribution in [3.63, 3.8) is 0 Å². The smallest absolute Gasteiger partial charge is 0.150 e. The number of anilines is 1. The van der Waals surface area contributed by atoms with E-state index in [2.05, 4.69) is 10.3 Å². The summed E-state index contributed by atoms with van der Waals surface area (Å²) in [7, 11) is 1.64. The fourth-order valence-corrected chi connectivity index (χ4v) is 1.64. The highest BCUT2D eigenvalue weighted by Gasteiger charge is 2.13. The highest BCUT2D eigenvalue weighted by Crippen LogP contribution is 2.26. The molecule has 1 heterocycles. The third-order valence-electron chi connectivity index (χ3n) is 2.58. The molecule has 2 aromatic rings. The van der Waals surface area contributed by atoms with Gasteiger partial charge in [0.25, 0.3) is 0 Å². The molecule has 0 radical (unpaired) electrons. The lowest BCUT2D eigenvalue weighted by Crippen LogP contribution is -2.07. The van der Waals surface area contributed by atoms with Gasteiger partial charge in [0.15, 0.2) is 5.82 Å². The molecule has 2 N–H and O–H groups in total. The lowest BCUT2D eigenvalue weighted by atomic mass is 10.1. The minimum absolute atomic E-state index is 0.203. The number of rotatable bonds is 3. The summed E-state index contributed by atoms with van der Waals surface area (Å²) in [5.74, 6) is 1.40. The Morgan fingerprint density at radius 2 is 1.88 bits per heavy atom. The summed E-state index contributed by atoms with van der Waals surface area (Å²) in [6, 6.07) is 7.80. The van der Waals surface area contributed by atoms with Gasteiger partial charge in [-0.05, 0) is 38.1 Å². The zero-order valence-electron chi connectivity index (χ0n) is 10.2. The van der Waals surface area contributed by atoms with E-state index in [0.29, 0.717) is 11.5 Å². The van der Waals surface area contributed by atoms with Gasteiger partial charge in [-0.1, -0.05) is 5.21 Å². The van der Waals surface area contributed by atoms with Gasteiger partial charge in [0, 0.05) is 5.56 Å². The molecule has 1 aromatic heterocycles. The van der Waals surface area contributed by atoms with E-state index in [1.54, 1.807) is 11.8 Å². The molecule has 0 aliphatic heterocycles. The molecule has 2 rings (SSSR count). The Hall–Kier alpha value is -2.04. The molecular formula is C12H16N4O. The average Bonchev–Trinajstić information content (AvgIpc) is 2.71. The second kappa shape index (κ2) is 4.45. The van der Waals surface area contributed by atoms with Gasteiger partial charge in [-0.3, -0.25) is 0 Å². The Bertz CT molecular complexity index is 502. The number of aromatic nitrogens is 3. The standard InChI is InChI=1S/C12H16N4O/c1-8(2)16-12(13)11(14-15-16)9-4-6-10(17-3)7-5-9/h4-8H,13H2,1-3H3. The Morgan fingerprint density at radius 1 is 1.24 bits per heavy atom. The van der Waals surface area contributed by atoms with Crippen LogP contribution in [-0.4, -0.2) is 22.1 Å². The molecule has 17 heavy (non-hydrogen) atoms. The number of nitrogen functional groups attached to an aromatic ring is 1. The van der Waals surface area contributed by atoms with Gasteiger partial charge >= 0.3 is 0 Å². The van der Waals surface area contributed by atoms with Gasteiger partial charge in [0.2, 0.25) is 0 Å². The van der Waals surface area contributed by atoms with Crippen molar-refractivity contribution < 1.29 is 4.74 Å². The molecule has 1 aromatic carbocycles. The predicted octanol–water partition coefficient (Wildman–Crippen LogP) is 2.12. The first-order valence-electron chi connectivity index (χ1n) is 5.48. The van der Waals surface area contributed by atoms with Crippen LogP contribution in [0.15, 0.2) is 24.3 Å². The normalized spacial score (nSPS) is 10.8. The Morgan fingerprint density at radius 3 is 2.35 bits per heavy atom. The minimum atomic E-state index is 0.203. The monoisotopic (exact) mass is 232 g/mol. The Labute approximate surface area is 100 Å². The third-order valence-corrected chi connectivity index (χ3v) is 2.58. The predicted molar refractivity (Wildman–Crippen MR) is 66.8 cm³/mol. The second-order valence-corrected chi connectivity index (χ2v) is 4.09. The van der Waals surface area contributed by atoms with Crippen LogP contribution in [0.5, 0.6) is 5.75 Å². The van der Waals surface area contributed by atoms with Crippen molar-refractivity contribution in [2.75, 3.05) is 12.8 Å². The molecule has 0 atom stereocenters. The van der Waals surface area contributed by atoms with Gasteiger partial charge in [0.05, 0.1) is 13.2 Å². The molecule has 0 bridgehead atoms. The quantitative estimate of drug-likeness (QED) is 0.880. The summed E-state index contributed by atoms with van der Waals surface area (Å²) < 4.78 is 6.81. The van der Waals surface area contributed by atoms with Crippen LogP contribution in [0.3, 0.4) is 0 Å². The second-order valence-electron chi connectivity index (χ2n) is 4.09. The van der Waals surface area contributed by atoms with Gasteiger partial charge in [-0.2, -0.15) is 0 Å². The number of hydrogen-bond acceptors (Lipinski definition) is 4. The van der Waals surface area contributed by atoms with E-state index in [1.165, 1.54) is 0 Å². The van der Waals surface area contributed by atoms with Gasteiger partial charge < -0.3 is 10.5 Å². The van der Waals surface area contributed by atoms with Gasteiger partial charge in [-0.25, -0.2) is 4.68 Å². The van der Waals surface area contributed by atoms with Gasteiger partial charge in [0.1, 0.15) is 11.4 Å². The topological polar surface area (TPSA) is 66.0 Å². The molecule has 0 amide bonds. The number of benzene rings is 1. The number of hydrogen-bond donors (Lipinski definition) is 1. The average molecular weight is 232 g/mol. The maximum Gasteiger partial charge on any atom is 0.150 e. The van der Waals surface area contributed by atoms with Crippen LogP contribution in [0, 0.1) is 0 Å². The summed E-state index contributed by atoms with van der Waals surface area (Å²) in [6.07, 6.45) is 0. The zero-order valence-corrected chi connectivity index (χ0v) is 10.2. The highest BCUT2D eigenvalue weighted by atomic mass is 16.5. The molecule has 90 valence electrons. The number of nitrogens with two attached hydrogens (primary N) is 1. The van der Waals surface area contributed by atoms with Crippen molar-refractivity contribution in [1.29, 1.82) is 0 Å². The van der Waals surface area contributed by atoms with Crippen molar-refractivity contribution in [2.45, 2.75) is 19.9 Å². The Balaban J connectivity index is 2.39. The van der Waals surface area contributed by atoms with Crippen molar-refractivity contribution in [1.82, 2.24) is 15.0 Å². The Kier molecular flexibility index (Phi) is 2.99. The largest absolute Gasteiger partial charge is 0.497 e. The molecule has 0 aliphatic rings. The summed E-state index contributed by atoms with van der Waals surface area (Å²) in [5.41, 5.74) is 7.66. The fraction of sp³-hybridized carbons (Fsp3) is 0.333. The van der Waals surface area contributed by atoms with E-state index < -0.39 is 0 Å².